The van der Waals surface area contributed by atoms with Gasteiger partial charge in [-0.05, 0) is 30.2 Å². The highest BCUT2D eigenvalue weighted by atomic mass is 16.5. The number of esters is 1. The number of rotatable bonds is 27. The first-order valence-corrected chi connectivity index (χ1v) is 16.4. The van der Waals surface area contributed by atoms with Crippen molar-refractivity contribution < 1.29 is 14.6 Å². The van der Waals surface area contributed by atoms with E-state index in [9.17, 15) is 9.90 Å². The molecule has 0 aliphatic carbocycles. The Labute approximate surface area is 235 Å². The number of phenolic OH excluding ortho intramolecular Hbond substituents is 1. The molecule has 0 aliphatic heterocycles. The van der Waals surface area contributed by atoms with E-state index in [1.54, 1.807) is 30.3 Å². The first-order valence-electron chi connectivity index (χ1n) is 16.4. The van der Waals surface area contributed by atoms with E-state index in [1.807, 2.05) is 0 Å². The maximum atomic E-state index is 11.8. The fourth-order valence-corrected chi connectivity index (χ4v) is 5.03. The van der Waals surface area contributed by atoms with Crippen LogP contribution in [0.2, 0.25) is 0 Å². The average molecular weight is 529 g/mol. The number of phenols is 1. The molecule has 0 saturated heterocycles. The zero-order chi connectivity index (χ0) is 27.4. The standard InChI is InChI=1S/C35H60O3/c1-2-3-4-5-6-7-8-9-10-11-12-13-14-15-16-17-18-19-20-21-22-23-24-25-32-38-35(37)31-28-33-26-29-34(36)30-27-33/h26-31,36H,2-25,32H2,1H3/b31-28-. The van der Waals surface area contributed by atoms with Crippen LogP contribution in [-0.4, -0.2) is 17.7 Å². The van der Waals surface area contributed by atoms with Gasteiger partial charge in [-0.2, -0.15) is 0 Å². The zero-order valence-corrected chi connectivity index (χ0v) is 24.9. The number of ether oxygens (including phenoxy) is 1. The van der Waals surface area contributed by atoms with Crippen LogP contribution in [0.4, 0.5) is 0 Å². The zero-order valence-electron chi connectivity index (χ0n) is 24.9. The van der Waals surface area contributed by atoms with Gasteiger partial charge in [-0.1, -0.05) is 167 Å². The van der Waals surface area contributed by atoms with Gasteiger partial charge < -0.3 is 9.84 Å². The van der Waals surface area contributed by atoms with Crippen LogP contribution < -0.4 is 0 Å². The highest BCUT2D eigenvalue weighted by Gasteiger charge is 1.99. The normalized spacial score (nSPS) is 11.4. The molecule has 0 spiro atoms. The van der Waals surface area contributed by atoms with Crippen molar-refractivity contribution in [2.24, 2.45) is 0 Å². The van der Waals surface area contributed by atoms with Crippen LogP contribution >= 0.6 is 0 Å². The molecule has 1 aromatic rings. The lowest BCUT2D eigenvalue weighted by molar-refractivity contribution is -0.137. The maximum Gasteiger partial charge on any atom is 0.330 e. The minimum atomic E-state index is -0.299. The molecule has 0 radical (unpaired) electrons. The summed E-state index contributed by atoms with van der Waals surface area (Å²) in [6.07, 6.45) is 36.4. The van der Waals surface area contributed by atoms with E-state index in [-0.39, 0.29) is 11.7 Å². The second-order valence-corrected chi connectivity index (χ2v) is 11.2. The van der Waals surface area contributed by atoms with E-state index in [0.29, 0.717) is 6.61 Å². The number of unbranched alkanes of at least 4 members (excludes halogenated alkanes) is 23. The lowest BCUT2D eigenvalue weighted by atomic mass is 10.0. The topological polar surface area (TPSA) is 46.5 Å². The van der Waals surface area contributed by atoms with Gasteiger partial charge in [0.05, 0.1) is 6.61 Å². The van der Waals surface area contributed by atoms with Crippen molar-refractivity contribution in [3.63, 3.8) is 0 Å². The summed E-state index contributed by atoms with van der Waals surface area (Å²) >= 11 is 0. The molecule has 0 amide bonds. The van der Waals surface area contributed by atoms with E-state index in [4.69, 9.17) is 4.74 Å². The lowest BCUT2D eigenvalue weighted by Gasteiger charge is -2.04. The van der Waals surface area contributed by atoms with E-state index < -0.39 is 0 Å². The van der Waals surface area contributed by atoms with Gasteiger partial charge in [-0.15, -0.1) is 0 Å². The molecule has 0 atom stereocenters. The van der Waals surface area contributed by atoms with Crippen molar-refractivity contribution in [1.82, 2.24) is 0 Å². The van der Waals surface area contributed by atoms with Gasteiger partial charge in [0.1, 0.15) is 5.75 Å². The Morgan fingerprint density at radius 3 is 1.29 bits per heavy atom. The van der Waals surface area contributed by atoms with Crippen molar-refractivity contribution >= 4 is 12.0 Å². The molecule has 1 N–H and O–H groups in total. The van der Waals surface area contributed by atoms with Crippen LogP contribution in [0.5, 0.6) is 5.75 Å². The number of aromatic hydroxyl groups is 1. The minimum Gasteiger partial charge on any atom is -0.508 e. The maximum absolute atomic E-state index is 11.8. The summed E-state index contributed by atoms with van der Waals surface area (Å²) in [5.41, 5.74) is 0.870. The molecule has 1 aromatic carbocycles. The van der Waals surface area contributed by atoms with Crippen LogP contribution in [-0.2, 0) is 9.53 Å². The van der Waals surface area contributed by atoms with Gasteiger partial charge in [0, 0.05) is 6.08 Å². The fourth-order valence-electron chi connectivity index (χ4n) is 5.03. The summed E-state index contributed by atoms with van der Waals surface area (Å²) in [6, 6.07) is 6.74. The molecule has 0 aromatic heterocycles. The number of carbonyl (C=O) groups excluding carboxylic acids is 1. The third-order valence-electron chi connectivity index (χ3n) is 7.55. The Balaban J connectivity index is 1.72. The molecular formula is C35H60O3. The molecule has 38 heavy (non-hydrogen) atoms. The van der Waals surface area contributed by atoms with Crippen molar-refractivity contribution in [3.05, 3.63) is 35.9 Å². The Morgan fingerprint density at radius 2 is 0.921 bits per heavy atom. The largest absolute Gasteiger partial charge is 0.508 e. The van der Waals surface area contributed by atoms with E-state index in [2.05, 4.69) is 6.92 Å². The first-order chi connectivity index (χ1) is 18.7. The summed E-state index contributed by atoms with van der Waals surface area (Å²) in [5.74, 6) is -0.0766. The second-order valence-electron chi connectivity index (χ2n) is 11.2. The molecule has 3 nitrogen and oxygen atoms in total. The molecule has 0 bridgehead atoms. The van der Waals surface area contributed by atoms with Gasteiger partial charge in [0.25, 0.3) is 0 Å². The van der Waals surface area contributed by atoms with Crippen LogP contribution in [0.3, 0.4) is 0 Å². The molecule has 0 saturated carbocycles. The minimum absolute atomic E-state index is 0.222. The van der Waals surface area contributed by atoms with Gasteiger partial charge in [-0.3, -0.25) is 0 Å². The first kappa shape index (κ1) is 34.3. The quantitative estimate of drug-likeness (QED) is 0.0701. The number of hydrogen-bond acceptors (Lipinski definition) is 3. The Hall–Kier alpha value is -1.77. The smallest absolute Gasteiger partial charge is 0.330 e. The summed E-state index contributed by atoms with van der Waals surface area (Å²) in [5, 5.41) is 9.27. The lowest BCUT2D eigenvalue weighted by Crippen LogP contribution is -2.02. The van der Waals surface area contributed by atoms with Crippen LogP contribution in [0.15, 0.2) is 30.3 Å². The van der Waals surface area contributed by atoms with Crippen LogP contribution in [0, 0.1) is 0 Å². The van der Waals surface area contributed by atoms with Gasteiger partial charge in [0.15, 0.2) is 0 Å². The molecular weight excluding hydrogens is 468 g/mol. The summed E-state index contributed by atoms with van der Waals surface area (Å²) in [7, 11) is 0. The third-order valence-corrected chi connectivity index (χ3v) is 7.55. The summed E-state index contributed by atoms with van der Waals surface area (Å²) in [6.45, 7) is 2.79. The summed E-state index contributed by atoms with van der Waals surface area (Å²) in [4.78, 5) is 11.8. The van der Waals surface area contributed by atoms with E-state index in [0.717, 1.165) is 18.4 Å². The SMILES string of the molecule is CCCCCCCCCCCCCCCCCCCCCCCCCCOC(=O)/C=C\c1ccc(O)cc1. The second kappa shape index (κ2) is 26.8. The molecule has 3 heteroatoms. The molecule has 0 fully saturated rings. The van der Waals surface area contributed by atoms with Crippen molar-refractivity contribution in [3.8, 4) is 5.75 Å². The van der Waals surface area contributed by atoms with Crippen molar-refractivity contribution in [2.75, 3.05) is 6.61 Å². The van der Waals surface area contributed by atoms with Crippen LogP contribution in [0.25, 0.3) is 6.08 Å². The predicted molar refractivity (Wildman–Crippen MR) is 165 cm³/mol. The number of hydrogen-bond donors (Lipinski definition) is 1. The summed E-state index contributed by atoms with van der Waals surface area (Å²) < 4.78 is 5.26. The number of carbonyl (C=O) groups is 1. The highest BCUT2D eigenvalue weighted by molar-refractivity contribution is 5.87. The molecule has 0 aliphatic rings. The molecule has 0 unspecified atom stereocenters. The molecule has 0 heterocycles. The van der Waals surface area contributed by atoms with Crippen molar-refractivity contribution in [1.29, 1.82) is 0 Å². The third kappa shape index (κ3) is 23.4. The molecule has 1 rings (SSSR count). The fraction of sp³-hybridized carbons (Fsp3) is 0.743. The highest BCUT2D eigenvalue weighted by Crippen LogP contribution is 2.16. The molecule has 218 valence electrons. The van der Waals surface area contributed by atoms with Gasteiger partial charge in [-0.25, -0.2) is 4.79 Å². The predicted octanol–water partition coefficient (Wildman–Crippen LogP) is 11.3. The number of benzene rings is 1. The Morgan fingerprint density at radius 1 is 0.579 bits per heavy atom. The van der Waals surface area contributed by atoms with Gasteiger partial charge >= 0.3 is 5.97 Å². The monoisotopic (exact) mass is 528 g/mol. The van der Waals surface area contributed by atoms with E-state index >= 15 is 0 Å². The van der Waals surface area contributed by atoms with Crippen LogP contribution in [0.1, 0.15) is 167 Å². The average Bonchev–Trinajstić information content (AvgIpc) is 2.92. The van der Waals surface area contributed by atoms with E-state index in [1.165, 1.54) is 147 Å². The van der Waals surface area contributed by atoms with Crippen molar-refractivity contribution in [2.45, 2.75) is 161 Å². The Kier molecular flexibility index (Phi) is 24.2. The Bertz CT molecular complexity index is 664. The van der Waals surface area contributed by atoms with Gasteiger partial charge in [0.2, 0.25) is 0 Å².